The number of benzene rings is 3. The van der Waals surface area contributed by atoms with Crippen molar-refractivity contribution in [2.24, 2.45) is 4.99 Å². The van der Waals surface area contributed by atoms with Gasteiger partial charge in [-0.15, -0.1) is 0 Å². The molecule has 2 aromatic heterocycles. The van der Waals surface area contributed by atoms with E-state index in [-0.39, 0.29) is 17.3 Å². The lowest BCUT2D eigenvalue weighted by Gasteiger charge is -2.25. The number of aryl methyl sites for hydroxylation is 1. The highest BCUT2D eigenvalue weighted by molar-refractivity contribution is 7.07. The van der Waals surface area contributed by atoms with Gasteiger partial charge in [0.15, 0.2) is 4.80 Å². The fraction of sp³-hybridized carbons (Fsp3) is 0.147. The summed E-state index contributed by atoms with van der Waals surface area (Å²) in [5, 5.41) is 2.97. The number of aromatic nitrogens is 2. The number of nitrogens with one attached hydrogen (secondary N) is 1. The van der Waals surface area contributed by atoms with Gasteiger partial charge in [-0.1, -0.05) is 41.7 Å². The number of fused-ring (bicyclic) bond motifs is 1. The molecule has 0 saturated carbocycles. The summed E-state index contributed by atoms with van der Waals surface area (Å²) >= 11 is 1.28. The van der Waals surface area contributed by atoms with Crippen molar-refractivity contribution in [3.63, 3.8) is 0 Å². The number of methoxy groups -OCH3 is 1. The van der Waals surface area contributed by atoms with Gasteiger partial charge in [-0.25, -0.2) is 9.38 Å². The lowest BCUT2D eigenvalue weighted by Crippen LogP contribution is -2.40. The Labute approximate surface area is 251 Å². The molecular formula is C34H29FN4O3S. The van der Waals surface area contributed by atoms with Crippen molar-refractivity contribution in [3.8, 4) is 11.4 Å². The number of thiazole rings is 1. The molecule has 0 unspecified atom stereocenters. The van der Waals surface area contributed by atoms with E-state index in [1.165, 1.54) is 23.5 Å². The van der Waals surface area contributed by atoms with Crippen LogP contribution in [-0.4, -0.2) is 22.2 Å². The zero-order valence-electron chi connectivity index (χ0n) is 24.1. The van der Waals surface area contributed by atoms with Crippen molar-refractivity contribution < 1.29 is 13.9 Å². The van der Waals surface area contributed by atoms with Crippen LogP contribution in [0.2, 0.25) is 0 Å². The minimum atomic E-state index is -0.719. The fourth-order valence-corrected chi connectivity index (χ4v) is 6.56. The van der Waals surface area contributed by atoms with Crippen LogP contribution in [0, 0.1) is 19.7 Å². The molecule has 0 radical (unpaired) electrons. The minimum absolute atomic E-state index is 0.249. The first-order valence-electron chi connectivity index (χ1n) is 13.7. The maximum Gasteiger partial charge on any atom is 0.271 e. The Bertz CT molecular complexity index is 2070. The molecule has 0 spiro atoms. The fourth-order valence-electron chi connectivity index (χ4n) is 5.52. The van der Waals surface area contributed by atoms with Crippen molar-refractivity contribution in [1.82, 2.24) is 9.13 Å². The number of hydrogen-bond acceptors (Lipinski definition) is 5. The third-order valence-corrected chi connectivity index (χ3v) is 8.53. The predicted octanol–water partition coefficient (Wildman–Crippen LogP) is 5.43. The number of allylic oxidation sites excluding steroid dienone is 1. The van der Waals surface area contributed by atoms with E-state index in [2.05, 4.69) is 5.32 Å². The first-order valence-corrected chi connectivity index (χ1v) is 14.5. The molecule has 1 amide bonds. The lowest BCUT2D eigenvalue weighted by atomic mass is 9.95. The minimum Gasteiger partial charge on any atom is -0.497 e. The lowest BCUT2D eigenvalue weighted by molar-refractivity contribution is -0.113. The molecule has 43 heavy (non-hydrogen) atoms. The van der Waals surface area contributed by atoms with Crippen molar-refractivity contribution >= 4 is 29.0 Å². The second-order valence-corrected chi connectivity index (χ2v) is 11.3. The maximum absolute atomic E-state index is 14.1. The van der Waals surface area contributed by atoms with Gasteiger partial charge in [-0.3, -0.25) is 14.2 Å². The smallest absolute Gasteiger partial charge is 0.271 e. The van der Waals surface area contributed by atoms with Crippen LogP contribution in [0.15, 0.2) is 106 Å². The van der Waals surface area contributed by atoms with E-state index < -0.39 is 6.04 Å². The summed E-state index contributed by atoms with van der Waals surface area (Å²) < 4.78 is 23.2. The van der Waals surface area contributed by atoms with Gasteiger partial charge in [0.1, 0.15) is 11.6 Å². The Hall–Kier alpha value is -5.02. The molecule has 1 aliphatic rings. The average Bonchev–Trinajstić information content (AvgIpc) is 3.46. The summed E-state index contributed by atoms with van der Waals surface area (Å²) in [7, 11) is 1.58. The van der Waals surface area contributed by atoms with Gasteiger partial charge in [0.2, 0.25) is 0 Å². The first kappa shape index (κ1) is 28.1. The Morgan fingerprint density at radius 2 is 1.74 bits per heavy atom. The third kappa shape index (κ3) is 5.23. The summed E-state index contributed by atoms with van der Waals surface area (Å²) in [6.07, 6.45) is 1.86. The topological polar surface area (TPSA) is 77.6 Å². The molecule has 216 valence electrons. The van der Waals surface area contributed by atoms with E-state index in [0.717, 1.165) is 28.2 Å². The normalized spacial score (nSPS) is 14.8. The molecule has 3 heterocycles. The van der Waals surface area contributed by atoms with Crippen LogP contribution in [0.5, 0.6) is 5.75 Å². The largest absolute Gasteiger partial charge is 0.497 e. The van der Waals surface area contributed by atoms with Crippen molar-refractivity contribution in [2.75, 3.05) is 12.4 Å². The molecule has 5 aromatic rings. The average molecular weight is 593 g/mol. The number of ether oxygens (including phenoxy) is 1. The molecule has 9 heteroatoms. The summed E-state index contributed by atoms with van der Waals surface area (Å²) in [6.45, 7) is 5.73. The zero-order valence-corrected chi connectivity index (χ0v) is 24.9. The van der Waals surface area contributed by atoms with Gasteiger partial charge in [-0.2, -0.15) is 0 Å². The molecule has 0 aliphatic carbocycles. The van der Waals surface area contributed by atoms with E-state index in [4.69, 9.17) is 9.73 Å². The maximum atomic E-state index is 14.1. The van der Waals surface area contributed by atoms with Crippen LogP contribution in [0.3, 0.4) is 0 Å². The van der Waals surface area contributed by atoms with Crippen LogP contribution in [0.25, 0.3) is 11.8 Å². The highest BCUT2D eigenvalue weighted by Crippen LogP contribution is 2.32. The highest BCUT2D eigenvalue weighted by atomic mass is 32.1. The summed E-state index contributed by atoms with van der Waals surface area (Å²) in [4.78, 5) is 33.2. The van der Waals surface area contributed by atoms with E-state index in [9.17, 15) is 14.0 Å². The number of para-hydroxylation sites is 1. The van der Waals surface area contributed by atoms with Crippen LogP contribution < -0.4 is 24.9 Å². The third-order valence-electron chi connectivity index (χ3n) is 7.55. The SMILES string of the molecule is COc1cccc([C@@H]2C(C(=O)Nc3ccccc3)=C(C)N=c3s/c(=C\c4cc(C)n(-c5ccc(F)cc5)c4C)c(=O)n32)c1. The molecule has 1 N–H and O–H groups in total. The van der Waals surface area contributed by atoms with Gasteiger partial charge in [-0.05, 0) is 92.6 Å². The number of halogens is 1. The number of carbonyl (C=O) groups is 1. The molecule has 3 aromatic carbocycles. The number of amides is 1. The number of rotatable bonds is 6. The van der Waals surface area contributed by atoms with Crippen molar-refractivity contribution in [3.05, 3.63) is 144 Å². The molecule has 0 bridgehead atoms. The molecule has 1 aliphatic heterocycles. The summed E-state index contributed by atoms with van der Waals surface area (Å²) in [5.74, 6) is -0.0204. The summed E-state index contributed by atoms with van der Waals surface area (Å²) in [6, 6.07) is 24.2. The number of nitrogens with zero attached hydrogens (tertiary/aromatic N) is 3. The van der Waals surface area contributed by atoms with Crippen LogP contribution in [0.1, 0.15) is 35.5 Å². The van der Waals surface area contributed by atoms with Gasteiger partial charge in [0.05, 0.1) is 29.0 Å². The Morgan fingerprint density at radius 1 is 1.00 bits per heavy atom. The van der Waals surface area contributed by atoms with E-state index in [1.807, 2.05) is 85.2 Å². The second kappa shape index (κ2) is 11.3. The first-order chi connectivity index (χ1) is 20.7. The Balaban J connectivity index is 1.50. The molecule has 1 atom stereocenters. The molecular weight excluding hydrogens is 563 g/mol. The van der Waals surface area contributed by atoms with E-state index in [0.29, 0.717) is 32.0 Å². The molecule has 0 saturated heterocycles. The van der Waals surface area contributed by atoms with Crippen LogP contribution in [0.4, 0.5) is 10.1 Å². The van der Waals surface area contributed by atoms with Crippen molar-refractivity contribution in [1.29, 1.82) is 0 Å². The Morgan fingerprint density at radius 3 is 2.47 bits per heavy atom. The van der Waals surface area contributed by atoms with Crippen LogP contribution >= 0.6 is 11.3 Å². The van der Waals surface area contributed by atoms with E-state index in [1.54, 1.807) is 30.7 Å². The van der Waals surface area contributed by atoms with E-state index >= 15 is 0 Å². The molecule has 6 rings (SSSR count). The zero-order chi connectivity index (χ0) is 30.2. The second-order valence-electron chi connectivity index (χ2n) is 10.3. The van der Waals surface area contributed by atoms with Crippen molar-refractivity contribution in [2.45, 2.75) is 26.8 Å². The van der Waals surface area contributed by atoms with Gasteiger partial charge >= 0.3 is 0 Å². The highest BCUT2D eigenvalue weighted by Gasteiger charge is 2.33. The Kier molecular flexibility index (Phi) is 7.41. The number of hydrogen-bond donors (Lipinski definition) is 1. The van der Waals surface area contributed by atoms with Crippen LogP contribution in [-0.2, 0) is 4.79 Å². The quantitative estimate of drug-likeness (QED) is 0.286. The molecule has 0 fully saturated rings. The number of carbonyl (C=O) groups excluding carboxylic acids is 1. The van der Waals surface area contributed by atoms with Gasteiger partial charge in [0, 0.05) is 22.8 Å². The standard InChI is InChI=1S/C34H29FN4O3S/c1-20-17-24(22(3)38(20)27-15-13-25(35)14-16-27)19-29-33(41)39-31(23-9-8-12-28(18-23)42-4)30(21(2)36-34(39)43-29)32(40)37-26-10-6-5-7-11-26/h5-19,31H,1-4H3,(H,37,40)/b29-19-/t31-/m1/s1. The summed E-state index contributed by atoms with van der Waals surface area (Å²) in [5.41, 5.74) is 5.60. The molecule has 7 nitrogen and oxygen atoms in total. The van der Waals surface area contributed by atoms with Gasteiger partial charge < -0.3 is 14.6 Å². The monoisotopic (exact) mass is 592 g/mol. The number of anilines is 1. The van der Waals surface area contributed by atoms with Gasteiger partial charge in [0.25, 0.3) is 11.5 Å². The predicted molar refractivity (Wildman–Crippen MR) is 167 cm³/mol.